The van der Waals surface area contributed by atoms with E-state index in [2.05, 4.69) is 15.6 Å². The Balaban J connectivity index is 1.56. The third-order valence-electron chi connectivity index (χ3n) is 4.38. The Morgan fingerprint density at radius 2 is 1.85 bits per heavy atom. The fourth-order valence-corrected chi connectivity index (χ4v) is 3.88. The second kappa shape index (κ2) is 7.32. The molecule has 27 heavy (non-hydrogen) atoms. The molecule has 2 aromatic carbocycles. The fourth-order valence-electron chi connectivity index (χ4n) is 3.02. The van der Waals surface area contributed by atoms with Gasteiger partial charge in [-0.15, -0.1) is 0 Å². The van der Waals surface area contributed by atoms with Crippen molar-refractivity contribution in [2.24, 2.45) is 0 Å². The number of hydrogen-bond acceptors (Lipinski definition) is 4. The number of carbonyl (C=O) groups excluding carboxylic acids is 2. The van der Waals surface area contributed by atoms with Gasteiger partial charge in [0.25, 0.3) is 5.91 Å². The molecule has 6 nitrogen and oxygen atoms in total. The molecule has 1 aliphatic rings. The van der Waals surface area contributed by atoms with Crippen molar-refractivity contribution in [1.29, 1.82) is 0 Å². The summed E-state index contributed by atoms with van der Waals surface area (Å²) in [6.45, 7) is 1.36. The number of urea groups is 1. The molecule has 3 aromatic rings. The van der Waals surface area contributed by atoms with Gasteiger partial charge < -0.3 is 10.2 Å². The number of carbonyl (C=O) groups is 2. The minimum Gasteiger partial charge on any atom is -0.325 e. The topological polar surface area (TPSA) is 74.3 Å². The number of halogens is 1. The van der Waals surface area contributed by atoms with Gasteiger partial charge in [0.05, 0.1) is 21.5 Å². The maximum atomic E-state index is 13.7. The monoisotopic (exact) mass is 384 g/mol. The first kappa shape index (κ1) is 17.4. The van der Waals surface area contributed by atoms with Gasteiger partial charge in [0, 0.05) is 13.1 Å². The van der Waals surface area contributed by atoms with Gasteiger partial charge in [0.2, 0.25) is 0 Å². The lowest BCUT2D eigenvalue weighted by Gasteiger charge is -2.17. The summed E-state index contributed by atoms with van der Waals surface area (Å²) in [6, 6.07) is 11.0. The highest BCUT2D eigenvalue weighted by Crippen LogP contribution is 2.27. The van der Waals surface area contributed by atoms with Crippen molar-refractivity contribution in [2.75, 3.05) is 23.7 Å². The average molecular weight is 384 g/mol. The molecule has 1 saturated heterocycles. The summed E-state index contributed by atoms with van der Waals surface area (Å²) in [4.78, 5) is 31.1. The minimum atomic E-state index is -0.552. The Labute approximate surface area is 159 Å². The Bertz CT molecular complexity index is 981. The molecule has 0 atom stereocenters. The lowest BCUT2D eigenvalue weighted by Crippen LogP contribution is -2.32. The van der Waals surface area contributed by atoms with Gasteiger partial charge in [-0.1, -0.05) is 23.5 Å². The molecule has 8 heteroatoms. The number of rotatable bonds is 3. The standard InChI is InChI=1S/C19H17FN4O2S/c20-12-7-8-14(22-19(26)24-9-3-4-10-24)13(11-12)17(25)23-18-21-15-5-1-2-6-16(15)27-18/h1-2,5-8,11H,3-4,9-10H2,(H,22,26)(H,21,23,25). The first-order valence-electron chi connectivity index (χ1n) is 8.62. The van der Waals surface area contributed by atoms with E-state index in [1.807, 2.05) is 24.3 Å². The Hall–Kier alpha value is -3.00. The zero-order valence-corrected chi connectivity index (χ0v) is 15.2. The number of aromatic nitrogens is 1. The smallest absolute Gasteiger partial charge is 0.321 e. The summed E-state index contributed by atoms with van der Waals surface area (Å²) in [7, 11) is 0. The molecule has 3 amide bonds. The van der Waals surface area contributed by atoms with Crippen LogP contribution in [0.1, 0.15) is 23.2 Å². The molecule has 1 aliphatic heterocycles. The van der Waals surface area contributed by atoms with E-state index in [-0.39, 0.29) is 17.3 Å². The van der Waals surface area contributed by atoms with E-state index in [1.54, 1.807) is 4.90 Å². The van der Waals surface area contributed by atoms with E-state index in [4.69, 9.17) is 0 Å². The summed E-state index contributed by atoms with van der Waals surface area (Å²) in [5.74, 6) is -1.08. The second-order valence-corrected chi connectivity index (χ2v) is 7.29. The molecule has 138 valence electrons. The van der Waals surface area contributed by atoms with Crippen LogP contribution in [0.15, 0.2) is 42.5 Å². The van der Waals surface area contributed by atoms with Crippen molar-refractivity contribution >= 4 is 44.3 Å². The maximum Gasteiger partial charge on any atom is 0.321 e. The predicted octanol–water partition coefficient (Wildman–Crippen LogP) is 4.32. The molecule has 0 saturated carbocycles. The Kier molecular flexibility index (Phi) is 4.72. The lowest BCUT2D eigenvalue weighted by molar-refractivity contribution is 0.102. The SMILES string of the molecule is O=C(Nc1nc2ccccc2s1)c1cc(F)ccc1NC(=O)N1CCCC1. The number of benzene rings is 2. The normalized spacial score (nSPS) is 13.7. The average Bonchev–Trinajstić information content (AvgIpc) is 3.32. The molecule has 1 fully saturated rings. The van der Waals surface area contributed by atoms with Crippen LogP contribution in [0.5, 0.6) is 0 Å². The molecular formula is C19H17FN4O2S. The zero-order chi connectivity index (χ0) is 18.8. The molecular weight excluding hydrogens is 367 g/mol. The van der Waals surface area contributed by atoms with Crippen molar-refractivity contribution in [3.05, 3.63) is 53.8 Å². The van der Waals surface area contributed by atoms with Crippen LogP contribution in [0.4, 0.5) is 20.0 Å². The summed E-state index contributed by atoms with van der Waals surface area (Å²) in [5, 5.41) is 5.83. The summed E-state index contributed by atoms with van der Waals surface area (Å²) >= 11 is 1.33. The van der Waals surface area contributed by atoms with Gasteiger partial charge in [-0.2, -0.15) is 0 Å². The lowest BCUT2D eigenvalue weighted by atomic mass is 10.1. The van der Waals surface area contributed by atoms with Crippen LogP contribution in [-0.2, 0) is 0 Å². The van der Waals surface area contributed by atoms with Gasteiger partial charge in [0.1, 0.15) is 5.82 Å². The highest BCUT2D eigenvalue weighted by molar-refractivity contribution is 7.22. The molecule has 0 aliphatic carbocycles. The van der Waals surface area contributed by atoms with Gasteiger partial charge in [0.15, 0.2) is 5.13 Å². The largest absolute Gasteiger partial charge is 0.325 e. The first-order valence-corrected chi connectivity index (χ1v) is 9.44. The highest BCUT2D eigenvalue weighted by Gasteiger charge is 2.21. The summed E-state index contributed by atoms with van der Waals surface area (Å²) < 4.78 is 14.7. The highest BCUT2D eigenvalue weighted by atomic mass is 32.1. The van der Waals surface area contributed by atoms with Gasteiger partial charge >= 0.3 is 6.03 Å². The summed E-state index contributed by atoms with van der Waals surface area (Å²) in [6.07, 6.45) is 1.92. The number of likely N-dealkylation sites (tertiary alicyclic amines) is 1. The predicted molar refractivity (Wildman–Crippen MR) is 104 cm³/mol. The van der Waals surface area contributed by atoms with E-state index < -0.39 is 11.7 Å². The van der Waals surface area contributed by atoms with Crippen LogP contribution in [-0.4, -0.2) is 34.9 Å². The van der Waals surface area contributed by atoms with Crippen LogP contribution in [0.3, 0.4) is 0 Å². The van der Waals surface area contributed by atoms with Crippen molar-refractivity contribution in [3.63, 3.8) is 0 Å². The zero-order valence-electron chi connectivity index (χ0n) is 14.4. The van der Waals surface area contributed by atoms with Gasteiger partial charge in [-0.05, 0) is 43.2 Å². The molecule has 2 N–H and O–H groups in total. The van der Waals surface area contributed by atoms with Gasteiger partial charge in [-0.3, -0.25) is 10.1 Å². The number of anilines is 2. The number of hydrogen-bond donors (Lipinski definition) is 2. The molecule has 0 unspecified atom stereocenters. The second-order valence-electron chi connectivity index (χ2n) is 6.26. The molecule has 4 rings (SSSR count). The maximum absolute atomic E-state index is 13.7. The van der Waals surface area contributed by atoms with Crippen LogP contribution in [0.2, 0.25) is 0 Å². The van der Waals surface area contributed by atoms with Crippen LogP contribution < -0.4 is 10.6 Å². The van der Waals surface area contributed by atoms with E-state index in [9.17, 15) is 14.0 Å². The number of fused-ring (bicyclic) bond motifs is 1. The van der Waals surface area contributed by atoms with E-state index in [1.165, 1.54) is 23.5 Å². The molecule has 1 aromatic heterocycles. The molecule has 2 heterocycles. The number of nitrogens with zero attached hydrogens (tertiary/aromatic N) is 2. The van der Waals surface area contributed by atoms with Crippen molar-refractivity contribution in [1.82, 2.24) is 9.88 Å². The summed E-state index contributed by atoms with van der Waals surface area (Å²) in [5.41, 5.74) is 1.10. The van der Waals surface area contributed by atoms with Crippen LogP contribution in [0.25, 0.3) is 10.2 Å². The quantitative estimate of drug-likeness (QED) is 0.706. The Morgan fingerprint density at radius 3 is 2.63 bits per heavy atom. The van der Waals surface area contributed by atoms with Crippen molar-refractivity contribution in [2.45, 2.75) is 12.8 Å². The molecule has 0 spiro atoms. The fraction of sp³-hybridized carbons (Fsp3) is 0.211. The number of thiazole rings is 1. The number of nitrogens with one attached hydrogen (secondary N) is 2. The number of amides is 3. The third kappa shape index (κ3) is 3.75. The van der Waals surface area contributed by atoms with E-state index in [0.29, 0.717) is 18.2 Å². The minimum absolute atomic E-state index is 0.0572. The molecule has 0 radical (unpaired) electrons. The Morgan fingerprint density at radius 1 is 1.07 bits per heavy atom. The first-order chi connectivity index (χ1) is 13.1. The molecule has 0 bridgehead atoms. The third-order valence-corrected chi connectivity index (χ3v) is 5.33. The van der Waals surface area contributed by atoms with E-state index in [0.717, 1.165) is 29.1 Å². The van der Waals surface area contributed by atoms with Gasteiger partial charge in [-0.25, -0.2) is 14.2 Å². The van der Waals surface area contributed by atoms with Crippen LogP contribution >= 0.6 is 11.3 Å². The van der Waals surface area contributed by atoms with Crippen molar-refractivity contribution in [3.8, 4) is 0 Å². The number of para-hydroxylation sites is 1. The van der Waals surface area contributed by atoms with E-state index >= 15 is 0 Å². The van der Waals surface area contributed by atoms with Crippen molar-refractivity contribution < 1.29 is 14.0 Å². The van der Waals surface area contributed by atoms with Crippen LogP contribution in [0, 0.1) is 5.82 Å².